The molecule has 0 saturated heterocycles. The molecule has 0 aromatic rings. The summed E-state index contributed by atoms with van der Waals surface area (Å²) < 4.78 is 0. The number of carbonyl (C=O) groups is 2. The molecule has 0 radical (unpaired) electrons. The average molecular weight is 201 g/mol. The number of hydrogen-bond donors (Lipinski definition) is 3. The third-order valence-electron chi connectivity index (χ3n) is 3.23. The lowest BCUT2D eigenvalue weighted by atomic mass is 9.86. The molecule has 3 atom stereocenters. The van der Waals surface area contributed by atoms with Crippen molar-refractivity contribution in [3.05, 3.63) is 0 Å². The van der Waals surface area contributed by atoms with Crippen LogP contribution in [0.4, 0.5) is 0 Å². The number of hydrogen-bond acceptors (Lipinski definition) is 3. The molecule has 3 unspecified atom stereocenters. The van der Waals surface area contributed by atoms with Gasteiger partial charge in [0.25, 0.3) is 0 Å². The van der Waals surface area contributed by atoms with E-state index in [1.54, 1.807) is 13.8 Å². The second-order valence-electron chi connectivity index (χ2n) is 4.49. The van der Waals surface area contributed by atoms with Crippen LogP contribution in [0.5, 0.6) is 0 Å². The Kier molecular flexibility index (Phi) is 2.31. The second kappa shape index (κ2) is 2.95. The fourth-order valence-electron chi connectivity index (χ4n) is 2.20. The van der Waals surface area contributed by atoms with Gasteiger partial charge < -0.3 is 15.9 Å². The van der Waals surface area contributed by atoms with Crippen LogP contribution in [0, 0.1) is 11.3 Å². The van der Waals surface area contributed by atoms with Crippen molar-refractivity contribution in [1.29, 1.82) is 0 Å². The van der Waals surface area contributed by atoms with Crippen molar-refractivity contribution in [3.8, 4) is 0 Å². The molecule has 0 aromatic heterocycles. The zero-order valence-electron chi connectivity index (χ0n) is 8.28. The summed E-state index contributed by atoms with van der Waals surface area (Å²) >= 11 is 0. The van der Waals surface area contributed by atoms with Gasteiger partial charge in [-0.25, -0.2) is 0 Å². The predicted octanol–water partition coefficient (Wildman–Crippen LogP) is 0.289. The van der Waals surface area contributed by atoms with Gasteiger partial charge in [-0.05, 0) is 25.7 Å². The summed E-state index contributed by atoms with van der Waals surface area (Å²) in [6.45, 7) is 3.23. The first kappa shape index (κ1) is 11.0. The third-order valence-corrected chi connectivity index (χ3v) is 3.23. The lowest BCUT2D eigenvalue weighted by molar-refractivity contribution is -0.148. The number of nitrogens with two attached hydrogens (primary N) is 1. The number of carboxylic acids is 2. The summed E-state index contributed by atoms with van der Waals surface area (Å²) in [7, 11) is 0. The summed E-state index contributed by atoms with van der Waals surface area (Å²) in [5.74, 6) is -2.41. The molecular weight excluding hydrogens is 186 g/mol. The number of rotatable bonds is 2. The van der Waals surface area contributed by atoms with Gasteiger partial charge in [-0.3, -0.25) is 9.59 Å². The lowest BCUT2D eigenvalue weighted by Gasteiger charge is -2.24. The predicted molar refractivity (Wildman–Crippen MR) is 48.7 cm³/mol. The number of carboxylic acid groups (broad SMARTS) is 2. The summed E-state index contributed by atoms with van der Waals surface area (Å²) in [5.41, 5.74) is 3.29. The lowest BCUT2D eigenvalue weighted by Crippen LogP contribution is -2.50. The molecule has 14 heavy (non-hydrogen) atoms. The molecule has 0 bridgehead atoms. The van der Waals surface area contributed by atoms with E-state index in [0.717, 1.165) is 0 Å². The van der Waals surface area contributed by atoms with E-state index in [2.05, 4.69) is 0 Å². The standard InChI is InChI=1S/C9H15NO4/c1-5-3-8(2,6(11)12)4-9(5,10)7(13)14/h5H,3-4,10H2,1-2H3,(H,11,12)(H,13,14). The van der Waals surface area contributed by atoms with Crippen molar-refractivity contribution in [2.45, 2.75) is 32.2 Å². The monoisotopic (exact) mass is 201 g/mol. The highest BCUT2D eigenvalue weighted by Crippen LogP contribution is 2.46. The van der Waals surface area contributed by atoms with Crippen molar-refractivity contribution < 1.29 is 19.8 Å². The quantitative estimate of drug-likeness (QED) is 0.596. The van der Waals surface area contributed by atoms with E-state index in [1.807, 2.05) is 0 Å². The van der Waals surface area contributed by atoms with Gasteiger partial charge in [0.1, 0.15) is 5.54 Å². The molecule has 0 amide bonds. The van der Waals surface area contributed by atoms with Crippen LogP contribution in [-0.4, -0.2) is 27.7 Å². The summed E-state index contributed by atoms with van der Waals surface area (Å²) in [4.78, 5) is 21.9. The van der Waals surface area contributed by atoms with Crippen molar-refractivity contribution in [2.24, 2.45) is 17.1 Å². The van der Waals surface area contributed by atoms with Gasteiger partial charge in [-0.1, -0.05) is 6.92 Å². The van der Waals surface area contributed by atoms with Gasteiger partial charge in [0.15, 0.2) is 0 Å². The summed E-state index contributed by atoms with van der Waals surface area (Å²) in [5, 5.41) is 17.9. The molecule has 1 saturated carbocycles. The van der Waals surface area contributed by atoms with E-state index in [4.69, 9.17) is 15.9 Å². The minimum atomic E-state index is -1.40. The fourth-order valence-corrected chi connectivity index (χ4v) is 2.20. The first-order valence-electron chi connectivity index (χ1n) is 4.48. The zero-order chi connectivity index (χ0) is 11.1. The van der Waals surface area contributed by atoms with E-state index in [1.165, 1.54) is 0 Å². The first-order valence-corrected chi connectivity index (χ1v) is 4.48. The maximum Gasteiger partial charge on any atom is 0.323 e. The molecule has 5 heteroatoms. The van der Waals surface area contributed by atoms with Crippen LogP contribution in [0.15, 0.2) is 0 Å². The van der Waals surface area contributed by atoms with Gasteiger partial charge in [0.2, 0.25) is 0 Å². The molecule has 80 valence electrons. The Morgan fingerprint density at radius 1 is 1.36 bits per heavy atom. The van der Waals surface area contributed by atoms with E-state index in [0.29, 0.717) is 6.42 Å². The minimum Gasteiger partial charge on any atom is -0.481 e. The maximum absolute atomic E-state index is 10.9. The van der Waals surface area contributed by atoms with E-state index in [9.17, 15) is 9.59 Å². The van der Waals surface area contributed by atoms with Crippen LogP contribution in [0.25, 0.3) is 0 Å². The molecule has 0 heterocycles. The van der Waals surface area contributed by atoms with Gasteiger partial charge in [-0.2, -0.15) is 0 Å². The minimum absolute atomic E-state index is 0.00810. The largest absolute Gasteiger partial charge is 0.481 e. The van der Waals surface area contributed by atoms with E-state index < -0.39 is 22.9 Å². The third kappa shape index (κ3) is 1.37. The molecular formula is C9H15NO4. The van der Waals surface area contributed by atoms with Crippen molar-refractivity contribution >= 4 is 11.9 Å². The average Bonchev–Trinajstić information content (AvgIpc) is 2.25. The first-order chi connectivity index (χ1) is 6.22. The van der Waals surface area contributed by atoms with E-state index in [-0.39, 0.29) is 12.3 Å². The van der Waals surface area contributed by atoms with Crippen LogP contribution < -0.4 is 5.73 Å². The highest BCUT2D eigenvalue weighted by atomic mass is 16.4. The van der Waals surface area contributed by atoms with E-state index >= 15 is 0 Å². The molecule has 1 rings (SSSR count). The van der Waals surface area contributed by atoms with Gasteiger partial charge >= 0.3 is 11.9 Å². The van der Waals surface area contributed by atoms with Crippen LogP contribution in [0.2, 0.25) is 0 Å². The summed E-state index contributed by atoms with van der Waals surface area (Å²) in [6, 6.07) is 0. The zero-order valence-corrected chi connectivity index (χ0v) is 8.28. The molecule has 1 fully saturated rings. The van der Waals surface area contributed by atoms with Crippen molar-refractivity contribution in [2.75, 3.05) is 0 Å². The Morgan fingerprint density at radius 3 is 2.07 bits per heavy atom. The van der Waals surface area contributed by atoms with Crippen molar-refractivity contribution in [3.63, 3.8) is 0 Å². The van der Waals surface area contributed by atoms with Crippen LogP contribution in [-0.2, 0) is 9.59 Å². The molecule has 1 aliphatic carbocycles. The van der Waals surface area contributed by atoms with Crippen LogP contribution >= 0.6 is 0 Å². The second-order valence-corrected chi connectivity index (χ2v) is 4.49. The highest BCUT2D eigenvalue weighted by molar-refractivity contribution is 5.83. The Hall–Kier alpha value is -1.10. The van der Waals surface area contributed by atoms with Gasteiger partial charge in [-0.15, -0.1) is 0 Å². The fraction of sp³-hybridized carbons (Fsp3) is 0.778. The van der Waals surface area contributed by atoms with Crippen molar-refractivity contribution in [1.82, 2.24) is 0 Å². The van der Waals surface area contributed by atoms with Gasteiger partial charge in [0.05, 0.1) is 5.41 Å². The van der Waals surface area contributed by atoms with Crippen LogP contribution in [0.3, 0.4) is 0 Å². The SMILES string of the molecule is CC1CC(C)(C(=O)O)CC1(N)C(=O)O. The Labute approximate surface area is 81.9 Å². The molecule has 4 N–H and O–H groups in total. The normalized spacial score (nSPS) is 42.4. The van der Waals surface area contributed by atoms with Gasteiger partial charge in [0, 0.05) is 0 Å². The molecule has 1 aliphatic rings. The molecule has 0 aromatic carbocycles. The molecule has 5 nitrogen and oxygen atoms in total. The Morgan fingerprint density at radius 2 is 1.86 bits per heavy atom. The maximum atomic E-state index is 10.9. The Bertz CT molecular complexity index is 291. The number of aliphatic carboxylic acids is 2. The smallest absolute Gasteiger partial charge is 0.323 e. The van der Waals surface area contributed by atoms with Crippen LogP contribution in [0.1, 0.15) is 26.7 Å². The summed E-state index contributed by atoms with van der Waals surface area (Å²) in [6.07, 6.45) is 0.303. The molecule has 0 aliphatic heterocycles. The Balaban J connectivity index is 2.99. The topological polar surface area (TPSA) is 101 Å². The molecule has 0 spiro atoms. The highest BCUT2D eigenvalue weighted by Gasteiger charge is 2.56.